The molecule has 0 rings (SSSR count). The van der Waals surface area contributed by atoms with Crippen LogP contribution in [0, 0.1) is 0 Å². The highest BCUT2D eigenvalue weighted by Crippen LogP contribution is 1.98. The number of alkyl carbamates (subject to hydrolysis) is 1. The smallest absolute Gasteiger partial charge is 0.406 e. The van der Waals surface area contributed by atoms with Gasteiger partial charge in [-0.1, -0.05) is 5.57 Å². The zero-order valence-electron chi connectivity index (χ0n) is 7.14. The molecule has 0 spiro atoms. The number of methoxy groups -OCH3 is 1. The highest BCUT2D eigenvalue weighted by molar-refractivity contribution is 5.66. The minimum atomic E-state index is -0.369. The quantitative estimate of drug-likeness (QED) is 0.498. The van der Waals surface area contributed by atoms with E-state index in [9.17, 15) is 4.79 Å². The summed E-state index contributed by atoms with van der Waals surface area (Å²) >= 11 is 0. The summed E-state index contributed by atoms with van der Waals surface area (Å²) in [7, 11) is 1.36. The molecular formula is C8H15NO2. The van der Waals surface area contributed by atoms with E-state index in [2.05, 4.69) is 16.6 Å². The van der Waals surface area contributed by atoms with Gasteiger partial charge in [0.2, 0.25) is 0 Å². The van der Waals surface area contributed by atoms with Crippen molar-refractivity contribution in [2.45, 2.75) is 19.8 Å². The van der Waals surface area contributed by atoms with E-state index in [4.69, 9.17) is 0 Å². The van der Waals surface area contributed by atoms with Gasteiger partial charge in [-0.2, -0.15) is 0 Å². The van der Waals surface area contributed by atoms with E-state index in [-0.39, 0.29) is 6.09 Å². The number of allylic oxidation sites excluding steroid dienone is 1. The Balaban J connectivity index is 3.14. The van der Waals surface area contributed by atoms with Crippen LogP contribution in [0.25, 0.3) is 0 Å². The fraction of sp³-hybridized carbons (Fsp3) is 0.625. The molecule has 0 fully saturated rings. The summed E-state index contributed by atoms with van der Waals surface area (Å²) in [6.07, 6.45) is 1.50. The van der Waals surface area contributed by atoms with Crippen molar-refractivity contribution in [1.82, 2.24) is 5.32 Å². The zero-order valence-corrected chi connectivity index (χ0v) is 7.14. The van der Waals surface area contributed by atoms with Gasteiger partial charge in [0.1, 0.15) is 0 Å². The van der Waals surface area contributed by atoms with Crippen molar-refractivity contribution in [1.29, 1.82) is 0 Å². The first-order valence-electron chi connectivity index (χ1n) is 3.63. The molecule has 0 aromatic rings. The second kappa shape index (κ2) is 5.77. The number of carbonyl (C=O) groups excluding carboxylic acids is 1. The third-order valence-electron chi connectivity index (χ3n) is 1.24. The number of hydrogen-bond acceptors (Lipinski definition) is 2. The van der Waals surface area contributed by atoms with Crippen molar-refractivity contribution in [3.05, 3.63) is 12.2 Å². The number of ether oxygens (including phenoxy) is 1. The average Bonchev–Trinajstić information content (AvgIpc) is 1.97. The Morgan fingerprint density at radius 2 is 2.27 bits per heavy atom. The maximum absolute atomic E-state index is 10.5. The third-order valence-corrected chi connectivity index (χ3v) is 1.24. The fourth-order valence-electron chi connectivity index (χ4n) is 0.653. The molecule has 0 saturated heterocycles. The topological polar surface area (TPSA) is 38.3 Å². The van der Waals surface area contributed by atoms with E-state index in [1.54, 1.807) is 0 Å². The molecule has 0 unspecified atom stereocenters. The van der Waals surface area contributed by atoms with Gasteiger partial charge in [0.25, 0.3) is 0 Å². The van der Waals surface area contributed by atoms with Gasteiger partial charge < -0.3 is 10.1 Å². The largest absolute Gasteiger partial charge is 0.453 e. The van der Waals surface area contributed by atoms with Crippen LogP contribution in [-0.4, -0.2) is 19.7 Å². The van der Waals surface area contributed by atoms with Crippen LogP contribution in [0.2, 0.25) is 0 Å². The van der Waals surface area contributed by atoms with E-state index in [0.29, 0.717) is 6.54 Å². The van der Waals surface area contributed by atoms with Crippen molar-refractivity contribution < 1.29 is 9.53 Å². The Morgan fingerprint density at radius 3 is 2.73 bits per heavy atom. The Hall–Kier alpha value is -0.990. The lowest BCUT2D eigenvalue weighted by molar-refractivity contribution is 0.171. The number of hydrogen-bond donors (Lipinski definition) is 1. The Labute approximate surface area is 67.4 Å². The van der Waals surface area contributed by atoms with Crippen molar-refractivity contribution in [3.8, 4) is 0 Å². The summed E-state index contributed by atoms with van der Waals surface area (Å²) in [5.74, 6) is 0. The van der Waals surface area contributed by atoms with E-state index in [1.807, 2.05) is 6.92 Å². The molecule has 0 heterocycles. The van der Waals surface area contributed by atoms with Crippen molar-refractivity contribution in [3.63, 3.8) is 0 Å². The molecule has 1 N–H and O–H groups in total. The summed E-state index contributed by atoms with van der Waals surface area (Å²) in [5, 5.41) is 2.59. The summed E-state index contributed by atoms with van der Waals surface area (Å²) in [6.45, 7) is 6.37. The monoisotopic (exact) mass is 157 g/mol. The van der Waals surface area contributed by atoms with Gasteiger partial charge in [0, 0.05) is 6.54 Å². The van der Waals surface area contributed by atoms with Crippen LogP contribution in [0.1, 0.15) is 19.8 Å². The zero-order chi connectivity index (χ0) is 8.69. The van der Waals surface area contributed by atoms with Crippen LogP contribution in [-0.2, 0) is 4.74 Å². The highest BCUT2D eigenvalue weighted by atomic mass is 16.5. The summed E-state index contributed by atoms with van der Waals surface area (Å²) < 4.78 is 4.38. The first-order chi connectivity index (χ1) is 5.16. The molecule has 0 aliphatic heterocycles. The first-order valence-corrected chi connectivity index (χ1v) is 3.63. The van der Waals surface area contributed by atoms with Gasteiger partial charge in [0.15, 0.2) is 0 Å². The standard InChI is InChI=1S/C8H15NO2/c1-7(2)5-4-6-9-8(10)11-3/h1,4-6H2,2-3H3,(H,9,10). The number of carbonyl (C=O) groups is 1. The van der Waals surface area contributed by atoms with Gasteiger partial charge in [0.05, 0.1) is 7.11 Å². The van der Waals surface area contributed by atoms with Crippen molar-refractivity contribution in [2.75, 3.05) is 13.7 Å². The fourth-order valence-corrected chi connectivity index (χ4v) is 0.653. The predicted molar refractivity (Wildman–Crippen MR) is 44.5 cm³/mol. The lowest BCUT2D eigenvalue weighted by Gasteiger charge is -2.02. The van der Waals surface area contributed by atoms with Crippen LogP contribution in [0.3, 0.4) is 0 Å². The average molecular weight is 157 g/mol. The lowest BCUT2D eigenvalue weighted by atomic mass is 10.2. The maximum atomic E-state index is 10.5. The Bertz CT molecular complexity index is 143. The number of amides is 1. The molecule has 0 aliphatic carbocycles. The van der Waals surface area contributed by atoms with Crippen LogP contribution in [0.4, 0.5) is 4.79 Å². The number of nitrogens with one attached hydrogen (secondary N) is 1. The van der Waals surface area contributed by atoms with Crippen LogP contribution < -0.4 is 5.32 Å². The molecular weight excluding hydrogens is 142 g/mol. The van der Waals surface area contributed by atoms with Gasteiger partial charge in [-0.05, 0) is 19.8 Å². The lowest BCUT2D eigenvalue weighted by Crippen LogP contribution is -2.23. The minimum absolute atomic E-state index is 0.369. The summed E-state index contributed by atoms with van der Waals surface area (Å²) in [6, 6.07) is 0. The highest BCUT2D eigenvalue weighted by Gasteiger charge is 1.95. The summed E-state index contributed by atoms with van der Waals surface area (Å²) in [5.41, 5.74) is 1.14. The second-order valence-corrected chi connectivity index (χ2v) is 2.48. The van der Waals surface area contributed by atoms with Gasteiger partial charge in [-0.3, -0.25) is 0 Å². The third kappa shape index (κ3) is 6.90. The molecule has 0 saturated carbocycles. The van der Waals surface area contributed by atoms with Gasteiger partial charge in [-0.25, -0.2) is 4.79 Å². The van der Waals surface area contributed by atoms with E-state index < -0.39 is 0 Å². The van der Waals surface area contributed by atoms with Gasteiger partial charge in [-0.15, -0.1) is 6.58 Å². The molecule has 0 aromatic carbocycles. The molecule has 1 amide bonds. The normalized spacial score (nSPS) is 8.91. The van der Waals surface area contributed by atoms with Crippen LogP contribution >= 0.6 is 0 Å². The Kier molecular flexibility index (Phi) is 5.25. The molecule has 0 atom stereocenters. The molecule has 3 heteroatoms. The minimum Gasteiger partial charge on any atom is -0.453 e. The van der Waals surface area contributed by atoms with E-state index in [1.165, 1.54) is 7.11 Å². The number of rotatable bonds is 4. The summed E-state index contributed by atoms with van der Waals surface area (Å²) in [4.78, 5) is 10.5. The van der Waals surface area contributed by atoms with E-state index >= 15 is 0 Å². The Morgan fingerprint density at radius 1 is 1.64 bits per heavy atom. The molecule has 11 heavy (non-hydrogen) atoms. The maximum Gasteiger partial charge on any atom is 0.406 e. The van der Waals surface area contributed by atoms with E-state index in [0.717, 1.165) is 18.4 Å². The van der Waals surface area contributed by atoms with Gasteiger partial charge >= 0.3 is 6.09 Å². The molecule has 0 bridgehead atoms. The SMILES string of the molecule is C=C(C)CCCNC(=O)OC. The molecule has 3 nitrogen and oxygen atoms in total. The van der Waals surface area contributed by atoms with Crippen molar-refractivity contribution in [2.24, 2.45) is 0 Å². The van der Waals surface area contributed by atoms with Crippen molar-refractivity contribution >= 4 is 6.09 Å². The predicted octanol–water partition coefficient (Wildman–Crippen LogP) is 1.70. The first kappa shape index (κ1) is 10.0. The molecule has 0 aliphatic rings. The van der Waals surface area contributed by atoms with Crippen LogP contribution in [0.15, 0.2) is 12.2 Å². The second-order valence-electron chi connectivity index (χ2n) is 2.48. The molecule has 0 radical (unpaired) electrons. The molecule has 64 valence electrons. The molecule has 0 aromatic heterocycles. The van der Waals surface area contributed by atoms with Crippen LogP contribution in [0.5, 0.6) is 0 Å².